The van der Waals surface area contributed by atoms with Crippen LogP contribution in [0.25, 0.3) is 0 Å². The van der Waals surface area contributed by atoms with Gasteiger partial charge in [-0.3, -0.25) is 4.90 Å². The second-order valence-electron chi connectivity index (χ2n) is 5.05. The normalized spacial score (nSPS) is 13.1. The second-order valence-corrected chi connectivity index (χ2v) is 5.05. The molecule has 0 spiro atoms. The number of aliphatic carboxylic acids is 1. The van der Waals surface area contributed by atoms with Gasteiger partial charge in [-0.1, -0.05) is 25.5 Å². The van der Waals surface area contributed by atoms with Crippen molar-refractivity contribution in [2.45, 2.75) is 32.2 Å². The van der Waals surface area contributed by atoms with Crippen molar-refractivity contribution in [3.8, 4) is 5.75 Å². The highest BCUT2D eigenvalue weighted by atomic mass is 16.5. The molecule has 0 aromatic heterocycles. The molecule has 0 aliphatic rings. The van der Waals surface area contributed by atoms with Gasteiger partial charge in [-0.25, -0.2) is 9.59 Å². The number of hydrogen-bond acceptors (Lipinski definition) is 3. The molecule has 116 valence electrons. The number of carboxylic acid groups (broad SMARTS) is 1. The van der Waals surface area contributed by atoms with Crippen LogP contribution in [0.15, 0.2) is 24.3 Å². The number of carboxylic acids is 1. The number of anilines is 1. The predicted molar refractivity (Wildman–Crippen MR) is 80.9 cm³/mol. The van der Waals surface area contributed by atoms with E-state index < -0.39 is 17.5 Å². The average Bonchev–Trinajstić information content (AvgIpc) is 2.46. The first-order valence-electron chi connectivity index (χ1n) is 6.78. The Labute approximate surface area is 124 Å². The molecule has 0 saturated carbocycles. The van der Waals surface area contributed by atoms with Gasteiger partial charge in [0, 0.05) is 7.05 Å². The molecule has 1 atom stereocenters. The smallest absolute Gasteiger partial charge is 0.329 e. The lowest BCUT2D eigenvalue weighted by atomic mass is 9.96. The first-order chi connectivity index (χ1) is 9.85. The molecule has 0 aliphatic heterocycles. The summed E-state index contributed by atoms with van der Waals surface area (Å²) < 4.78 is 5.20. The number of ether oxygens (including phenoxy) is 1. The van der Waals surface area contributed by atoms with Gasteiger partial charge in [-0.05, 0) is 25.5 Å². The standard InChI is InChI=1S/C15H22N2O4/c1-5-10-15(2,13(18)19)16-14(20)17(3)11-8-6-7-9-12(11)21-4/h6-9H,5,10H2,1-4H3,(H,16,20)(H,18,19). The third-order valence-corrected chi connectivity index (χ3v) is 3.36. The molecule has 1 unspecified atom stereocenters. The third kappa shape index (κ3) is 3.87. The van der Waals surface area contributed by atoms with Gasteiger partial charge in [-0.15, -0.1) is 0 Å². The maximum absolute atomic E-state index is 12.3. The Morgan fingerprint density at radius 2 is 2.00 bits per heavy atom. The summed E-state index contributed by atoms with van der Waals surface area (Å²) in [6.45, 7) is 3.38. The average molecular weight is 294 g/mol. The van der Waals surface area contributed by atoms with E-state index in [1.165, 1.54) is 18.9 Å². The molecule has 0 radical (unpaired) electrons. The van der Waals surface area contributed by atoms with Crippen molar-refractivity contribution in [3.05, 3.63) is 24.3 Å². The molecule has 2 amide bonds. The minimum Gasteiger partial charge on any atom is -0.495 e. The summed E-state index contributed by atoms with van der Waals surface area (Å²) >= 11 is 0. The molecule has 6 nitrogen and oxygen atoms in total. The summed E-state index contributed by atoms with van der Waals surface area (Å²) in [5.74, 6) is -0.506. The van der Waals surface area contributed by atoms with Crippen LogP contribution in [0, 0.1) is 0 Å². The lowest BCUT2D eigenvalue weighted by molar-refractivity contribution is -0.144. The Hall–Kier alpha value is -2.24. The number of nitrogens with zero attached hydrogens (tertiary/aromatic N) is 1. The van der Waals surface area contributed by atoms with Gasteiger partial charge in [0.25, 0.3) is 0 Å². The fraction of sp³-hybridized carbons (Fsp3) is 0.467. The lowest BCUT2D eigenvalue weighted by Gasteiger charge is -2.29. The number of rotatable bonds is 6. The highest BCUT2D eigenvalue weighted by molar-refractivity contribution is 5.96. The first kappa shape index (κ1) is 16.8. The molecule has 0 aliphatic carbocycles. The van der Waals surface area contributed by atoms with Gasteiger partial charge in [-0.2, -0.15) is 0 Å². The molecule has 21 heavy (non-hydrogen) atoms. The molecule has 1 aromatic rings. The minimum atomic E-state index is -1.29. The first-order valence-corrected chi connectivity index (χ1v) is 6.78. The van der Waals surface area contributed by atoms with Gasteiger partial charge in [0.1, 0.15) is 11.3 Å². The quantitative estimate of drug-likeness (QED) is 0.845. The van der Waals surface area contributed by atoms with Crippen molar-refractivity contribution >= 4 is 17.7 Å². The number of benzene rings is 1. The fourth-order valence-corrected chi connectivity index (χ4v) is 2.06. The Bertz CT molecular complexity index is 518. The number of urea groups is 1. The van der Waals surface area contributed by atoms with E-state index >= 15 is 0 Å². The number of methoxy groups -OCH3 is 1. The van der Waals surface area contributed by atoms with Gasteiger partial charge >= 0.3 is 12.0 Å². The predicted octanol–water partition coefficient (Wildman–Crippen LogP) is 2.48. The van der Waals surface area contributed by atoms with Gasteiger partial charge in [0.2, 0.25) is 0 Å². The minimum absolute atomic E-state index is 0.355. The van der Waals surface area contributed by atoms with E-state index in [0.717, 1.165) is 0 Å². The van der Waals surface area contributed by atoms with Crippen molar-refractivity contribution in [1.29, 1.82) is 0 Å². The monoisotopic (exact) mass is 294 g/mol. The zero-order valence-corrected chi connectivity index (χ0v) is 12.8. The largest absolute Gasteiger partial charge is 0.495 e. The molecule has 0 fully saturated rings. The third-order valence-electron chi connectivity index (χ3n) is 3.36. The second kappa shape index (κ2) is 6.97. The van der Waals surface area contributed by atoms with Crippen LogP contribution in [-0.4, -0.2) is 36.8 Å². The topological polar surface area (TPSA) is 78.9 Å². The number of carbonyl (C=O) groups is 2. The van der Waals surface area contributed by atoms with Crippen LogP contribution in [0.2, 0.25) is 0 Å². The zero-order chi connectivity index (χ0) is 16.0. The van der Waals surface area contributed by atoms with Crippen molar-refractivity contribution < 1.29 is 19.4 Å². The Balaban J connectivity index is 2.94. The van der Waals surface area contributed by atoms with E-state index in [1.807, 2.05) is 6.92 Å². The van der Waals surface area contributed by atoms with Crippen molar-refractivity contribution in [3.63, 3.8) is 0 Å². The molecule has 0 saturated heterocycles. The fourth-order valence-electron chi connectivity index (χ4n) is 2.06. The SMILES string of the molecule is CCCC(C)(NC(=O)N(C)c1ccccc1OC)C(=O)O. The van der Waals surface area contributed by atoms with E-state index in [9.17, 15) is 14.7 Å². The van der Waals surface area contributed by atoms with Gasteiger partial charge in [0.05, 0.1) is 12.8 Å². The maximum Gasteiger partial charge on any atom is 0.329 e. The highest BCUT2D eigenvalue weighted by Crippen LogP contribution is 2.27. The van der Waals surface area contributed by atoms with E-state index in [-0.39, 0.29) is 0 Å². The Morgan fingerprint density at radius 3 is 2.52 bits per heavy atom. The summed E-state index contributed by atoms with van der Waals surface area (Å²) in [5, 5.41) is 11.9. The Kier molecular flexibility index (Phi) is 5.58. The van der Waals surface area contributed by atoms with Crippen LogP contribution < -0.4 is 15.0 Å². The van der Waals surface area contributed by atoms with Crippen LogP contribution in [0.3, 0.4) is 0 Å². The summed E-state index contributed by atoms with van der Waals surface area (Å²) in [6, 6.07) is 6.56. The number of carbonyl (C=O) groups excluding carboxylic acids is 1. The van der Waals surface area contributed by atoms with Gasteiger partial charge < -0.3 is 15.2 Å². The number of nitrogens with one attached hydrogen (secondary N) is 1. The number of para-hydroxylation sites is 2. The molecule has 1 aromatic carbocycles. The zero-order valence-electron chi connectivity index (χ0n) is 12.8. The van der Waals surface area contributed by atoms with Crippen LogP contribution in [0.5, 0.6) is 5.75 Å². The van der Waals surface area contributed by atoms with Crippen molar-refractivity contribution in [2.24, 2.45) is 0 Å². The highest BCUT2D eigenvalue weighted by Gasteiger charge is 2.35. The van der Waals surface area contributed by atoms with Crippen LogP contribution >= 0.6 is 0 Å². The van der Waals surface area contributed by atoms with E-state index in [1.54, 1.807) is 31.3 Å². The molecular formula is C15H22N2O4. The molecular weight excluding hydrogens is 272 g/mol. The summed E-state index contributed by atoms with van der Waals surface area (Å²) in [7, 11) is 3.09. The summed E-state index contributed by atoms with van der Waals surface area (Å²) in [5.41, 5.74) is -0.719. The molecule has 0 heterocycles. The van der Waals surface area contributed by atoms with Crippen molar-refractivity contribution in [1.82, 2.24) is 5.32 Å². The van der Waals surface area contributed by atoms with E-state index in [0.29, 0.717) is 24.3 Å². The summed E-state index contributed by atoms with van der Waals surface area (Å²) in [6.07, 6.45) is 1.01. The number of amides is 2. The maximum atomic E-state index is 12.3. The molecule has 6 heteroatoms. The Morgan fingerprint density at radius 1 is 1.38 bits per heavy atom. The van der Waals surface area contributed by atoms with Gasteiger partial charge in [0.15, 0.2) is 0 Å². The summed E-state index contributed by atoms with van der Waals surface area (Å²) in [4.78, 5) is 25.0. The van der Waals surface area contributed by atoms with E-state index in [2.05, 4.69) is 5.32 Å². The van der Waals surface area contributed by atoms with Crippen LogP contribution in [-0.2, 0) is 4.79 Å². The van der Waals surface area contributed by atoms with Crippen LogP contribution in [0.4, 0.5) is 10.5 Å². The van der Waals surface area contributed by atoms with Crippen LogP contribution in [0.1, 0.15) is 26.7 Å². The molecule has 1 rings (SSSR count). The molecule has 0 bridgehead atoms. The number of hydrogen-bond donors (Lipinski definition) is 2. The molecule has 2 N–H and O–H groups in total. The van der Waals surface area contributed by atoms with E-state index in [4.69, 9.17) is 4.74 Å². The van der Waals surface area contributed by atoms with Crippen molar-refractivity contribution in [2.75, 3.05) is 19.1 Å². The lowest BCUT2D eigenvalue weighted by Crippen LogP contribution is -2.55.